The maximum absolute atomic E-state index is 12.9. The minimum absolute atomic E-state index is 0.0926. The van der Waals surface area contributed by atoms with Crippen LogP contribution in [0.4, 0.5) is 10.1 Å². The van der Waals surface area contributed by atoms with E-state index in [1.54, 1.807) is 0 Å². The zero-order chi connectivity index (χ0) is 18.2. The molecule has 0 saturated carbocycles. The first-order chi connectivity index (χ1) is 12.0. The second-order valence-electron chi connectivity index (χ2n) is 5.94. The standard InChI is InChI=1S/C20H22FNO3/c1-3-14(2)19(15-7-5-4-6-8-15)20(24)25-13-18(23)22-17-11-9-16(21)10-12-17/h4-12,14,19H,3,13H2,1-2H3,(H,22,23)/t14-,19-/m1/s1. The molecule has 0 spiro atoms. The third kappa shape index (κ3) is 5.41. The number of carbonyl (C=O) groups is 2. The normalized spacial score (nSPS) is 12.9. The predicted octanol–water partition coefficient (Wildman–Crippen LogP) is 4.14. The molecule has 0 unspecified atom stereocenters. The Balaban J connectivity index is 1.96. The molecular weight excluding hydrogens is 321 g/mol. The van der Waals surface area contributed by atoms with Crippen LogP contribution in [0.3, 0.4) is 0 Å². The summed E-state index contributed by atoms with van der Waals surface area (Å²) in [7, 11) is 0. The largest absolute Gasteiger partial charge is 0.455 e. The molecular formula is C20H22FNO3. The first kappa shape index (κ1) is 18.6. The molecule has 132 valence electrons. The Morgan fingerprint density at radius 3 is 2.32 bits per heavy atom. The van der Waals surface area contributed by atoms with Crippen molar-refractivity contribution in [3.63, 3.8) is 0 Å². The number of hydrogen-bond donors (Lipinski definition) is 1. The number of ether oxygens (including phenoxy) is 1. The molecule has 4 nitrogen and oxygen atoms in total. The summed E-state index contributed by atoms with van der Waals surface area (Å²) < 4.78 is 18.1. The van der Waals surface area contributed by atoms with Crippen molar-refractivity contribution in [2.75, 3.05) is 11.9 Å². The van der Waals surface area contributed by atoms with Gasteiger partial charge in [-0.25, -0.2) is 4.39 Å². The van der Waals surface area contributed by atoms with Crippen molar-refractivity contribution in [1.82, 2.24) is 0 Å². The number of halogens is 1. The SMILES string of the molecule is CC[C@@H](C)[C@@H](C(=O)OCC(=O)Nc1ccc(F)cc1)c1ccccc1. The van der Waals surface area contributed by atoms with E-state index in [1.165, 1.54) is 24.3 Å². The lowest BCUT2D eigenvalue weighted by Crippen LogP contribution is -2.26. The van der Waals surface area contributed by atoms with E-state index >= 15 is 0 Å². The molecule has 0 bridgehead atoms. The van der Waals surface area contributed by atoms with Crippen LogP contribution in [-0.4, -0.2) is 18.5 Å². The average molecular weight is 343 g/mol. The fraction of sp³-hybridized carbons (Fsp3) is 0.300. The van der Waals surface area contributed by atoms with E-state index in [-0.39, 0.29) is 18.3 Å². The van der Waals surface area contributed by atoms with E-state index < -0.39 is 17.8 Å². The zero-order valence-electron chi connectivity index (χ0n) is 14.4. The number of esters is 1. The Morgan fingerprint density at radius 1 is 1.08 bits per heavy atom. The summed E-state index contributed by atoms with van der Waals surface area (Å²) in [5.41, 5.74) is 1.32. The van der Waals surface area contributed by atoms with Gasteiger partial charge in [0.25, 0.3) is 5.91 Å². The van der Waals surface area contributed by atoms with E-state index in [2.05, 4.69) is 5.32 Å². The Morgan fingerprint density at radius 2 is 1.72 bits per heavy atom. The van der Waals surface area contributed by atoms with Crippen LogP contribution in [0.1, 0.15) is 31.7 Å². The number of hydrogen-bond acceptors (Lipinski definition) is 3. The van der Waals surface area contributed by atoms with Crippen molar-refractivity contribution in [2.45, 2.75) is 26.2 Å². The van der Waals surface area contributed by atoms with Gasteiger partial charge in [0.15, 0.2) is 6.61 Å². The van der Waals surface area contributed by atoms with Crippen molar-refractivity contribution in [3.8, 4) is 0 Å². The molecule has 2 aromatic rings. The molecule has 2 aromatic carbocycles. The summed E-state index contributed by atoms with van der Waals surface area (Å²) in [6.07, 6.45) is 0.816. The van der Waals surface area contributed by atoms with Gasteiger partial charge < -0.3 is 10.1 Å². The van der Waals surface area contributed by atoms with Gasteiger partial charge in [-0.15, -0.1) is 0 Å². The fourth-order valence-electron chi connectivity index (χ4n) is 2.55. The van der Waals surface area contributed by atoms with E-state index in [0.717, 1.165) is 12.0 Å². The number of benzene rings is 2. The van der Waals surface area contributed by atoms with Gasteiger partial charge in [0.1, 0.15) is 5.82 Å². The molecule has 0 saturated heterocycles. The molecule has 2 atom stereocenters. The summed E-state index contributed by atoms with van der Waals surface area (Å²) in [5, 5.41) is 2.56. The molecule has 25 heavy (non-hydrogen) atoms. The molecule has 0 heterocycles. The van der Waals surface area contributed by atoms with Gasteiger partial charge >= 0.3 is 5.97 Å². The summed E-state index contributed by atoms with van der Waals surface area (Å²) in [5.74, 6) is -1.59. The van der Waals surface area contributed by atoms with Crippen LogP contribution >= 0.6 is 0 Å². The molecule has 0 aliphatic heterocycles. The van der Waals surface area contributed by atoms with Crippen molar-refractivity contribution in [3.05, 3.63) is 66.0 Å². The highest BCUT2D eigenvalue weighted by Crippen LogP contribution is 2.28. The highest BCUT2D eigenvalue weighted by molar-refractivity contribution is 5.93. The van der Waals surface area contributed by atoms with E-state index in [1.807, 2.05) is 44.2 Å². The van der Waals surface area contributed by atoms with Crippen molar-refractivity contribution >= 4 is 17.6 Å². The highest BCUT2D eigenvalue weighted by Gasteiger charge is 2.27. The highest BCUT2D eigenvalue weighted by atomic mass is 19.1. The van der Waals surface area contributed by atoms with Crippen LogP contribution < -0.4 is 5.32 Å². The second kappa shape index (κ2) is 8.97. The molecule has 0 radical (unpaired) electrons. The third-order valence-corrected chi connectivity index (χ3v) is 4.10. The zero-order valence-corrected chi connectivity index (χ0v) is 14.4. The summed E-state index contributed by atoms with van der Waals surface area (Å²) >= 11 is 0. The van der Waals surface area contributed by atoms with Crippen LogP contribution in [0, 0.1) is 11.7 Å². The van der Waals surface area contributed by atoms with Gasteiger partial charge in [-0.3, -0.25) is 9.59 Å². The Hall–Kier alpha value is -2.69. The summed E-state index contributed by atoms with van der Waals surface area (Å²) in [4.78, 5) is 24.4. The van der Waals surface area contributed by atoms with Gasteiger partial charge in [0.05, 0.1) is 5.92 Å². The molecule has 0 fully saturated rings. The average Bonchev–Trinajstić information content (AvgIpc) is 2.63. The predicted molar refractivity (Wildman–Crippen MR) is 94.6 cm³/mol. The number of rotatable bonds is 7. The number of nitrogens with one attached hydrogen (secondary N) is 1. The second-order valence-corrected chi connectivity index (χ2v) is 5.94. The molecule has 5 heteroatoms. The van der Waals surface area contributed by atoms with Crippen LogP contribution in [0.15, 0.2) is 54.6 Å². The van der Waals surface area contributed by atoms with E-state index in [0.29, 0.717) is 5.69 Å². The Labute approximate surface area is 147 Å². The van der Waals surface area contributed by atoms with Crippen LogP contribution in [0.5, 0.6) is 0 Å². The minimum atomic E-state index is -0.462. The molecule has 0 aliphatic carbocycles. The summed E-state index contributed by atoms with van der Waals surface area (Å²) in [6, 6.07) is 14.8. The summed E-state index contributed by atoms with van der Waals surface area (Å²) in [6.45, 7) is 3.61. The quantitative estimate of drug-likeness (QED) is 0.769. The first-order valence-corrected chi connectivity index (χ1v) is 8.28. The molecule has 1 amide bonds. The smallest absolute Gasteiger partial charge is 0.314 e. The lowest BCUT2D eigenvalue weighted by Gasteiger charge is -2.21. The first-order valence-electron chi connectivity index (χ1n) is 8.28. The monoisotopic (exact) mass is 343 g/mol. The Kier molecular flexibility index (Phi) is 6.69. The molecule has 2 rings (SSSR count). The number of carbonyl (C=O) groups excluding carboxylic acids is 2. The van der Waals surface area contributed by atoms with Crippen LogP contribution in [-0.2, 0) is 14.3 Å². The maximum atomic E-state index is 12.9. The number of amides is 1. The van der Waals surface area contributed by atoms with Gasteiger partial charge in [-0.2, -0.15) is 0 Å². The van der Waals surface area contributed by atoms with Gasteiger partial charge in [-0.05, 0) is 35.7 Å². The van der Waals surface area contributed by atoms with Crippen molar-refractivity contribution < 1.29 is 18.7 Å². The minimum Gasteiger partial charge on any atom is -0.455 e. The number of anilines is 1. The lowest BCUT2D eigenvalue weighted by molar-refractivity contribution is -0.150. The topological polar surface area (TPSA) is 55.4 Å². The van der Waals surface area contributed by atoms with Gasteiger partial charge in [-0.1, -0.05) is 50.6 Å². The Bertz CT molecular complexity index is 701. The molecule has 0 aliphatic rings. The molecule has 0 aromatic heterocycles. The van der Waals surface area contributed by atoms with Gasteiger partial charge in [0, 0.05) is 5.69 Å². The fourth-order valence-corrected chi connectivity index (χ4v) is 2.55. The van der Waals surface area contributed by atoms with Crippen LogP contribution in [0.25, 0.3) is 0 Å². The van der Waals surface area contributed by atoms with Crippen molar-refractivity contribution in [1.29, 1.82) is 0 Å². The van der Waals surface area contributed by atoms with E-state index in [9.17, 15) is 14.0 Å². The molecule has 1 N–H and O–H groups in total. The lowest BCUT2D eigenvalue weighted by atomic mass is 9.86. The van der Waals surface area contributed by atoms with Crippen molar-refractivity contribution in [2.24, 2.45) is 5.92 Å². The third-order valence-electron chi connectivity index (χ3n) is 4.10. The maximum Gasteiger partial charge on any atom is 0.314 e. The van der Waals surface area contributed by atoms with Crippen LogP contribution in [0.2, 0.25) is 0 Å². The van der Waals surface area contributed by atoms with Gasteiger partial charge in [0.2, 0.25) is 0 Å². The van der Waals surface area contributed by atoms with E-state index in [4.69, 9.17) is 4.74 Å².